The number of hydrogen-bond donors (Lipinski definition) is 2. The van der Waals surface area contributed by atoms with Gasteiger partial charge in [0.25, 0.3) is 11.5 Å². The molecule has 4 heterocycles. The van der Waals surface area contributed by atoms with Gasteiger partial charge < -0.3 is 14.9 Å². The van der Waals surface area contributed by atoms with Crippen LogP contribution in [0.1, 0.15) is 27.3 Å². The summed E-state index contributed by atoms with van der Waals surface area (Å²) in [6, 6.07) is 5.70. The standard InChI is InChI=1S/C21H22N6O2/c1-12-7-13(2)24-20(28)16(12)10-22-21(29)19-15-5-6-26(3)18(15)8-17(25-19)14-9-23-27(4)11-14/h5-9,11H,10H2,1-4H3,(H,22,29)(H,24,28). The molecule has 0 bridgehead atoms. The van der Waals surface area contributed by atoms with Crippen molar-refractivity contribution in [2.75, 3.05) is 0 Å². The predicted molar refractivity (Wildman–Crippen MR) is 111 cm³/mol. The summed E-state index contributed by atoms with van der Waals surface area (Å²) in [6.45, 7) is 3.82. The van der Waals surface area contributed by atoms with E-state index in [-0.39, 0.29) is 18.0 Å². The second kappa shape index (κ2) is 7.05. The molecule has 0 fully saturated rings. The highest BCUT2D eigenvalue weighted by Crippen LogP contribution is 2.25. The first-order valence-electron chi connectivity index (χ1n) is 9.26. The SMILES string of the molecule is Cc1cc(C)c(CNC(=O)c2nc(-c3cnn(C)c3)cc3c2ccn3C)c(=O)[nH]1. The van der Waals surface area contributed by atoms with E-state index in [1.807, 2.05) is 63.1 Å². The molecule has 29 heavy (non-hydrogen) atoms. The zero-order valence-corrected chi connectivity index (χ0v) is 16.8. The Bertz CT molecular complexity index is 1290. The Morgan fingerprint density at radius 1 is 1.24 bits per heavy atom. The Hall–Kier alpha value is -3.68. The van der Waals surface area contributed by atoms with Gasteiger partial charge in [-0.15, -0.1) is 0 Å². The van der Waals surface area contributed by atoms with Gasteiger partial charge in [-0.1, -0.05) is 0 Å². The zero-order valence-electron chi connectivity index (χ0n) is 16.8. The average Bonchev–Trinajstić information content (AvgIpc) is 3.26. The molecule has 4 aromatic rings. The minimum Gasteiger partial charge on any atom is -0.350 e. The number of nitrogens with zero attached hydrogens (tertiary/aromatic N) is 4. The molecule has 0 aliphatic carbocycles. The number of aryl methyl sites for hydroxylation is 4. The summed E-state index contributed by atoms with van der Waals surface area (Å²) in [5.41, 5.74) is 4.70. The van der Waals surface area contributed by atoms with Gasteiger partial charge >= 0.3 is 0 Å². The van der Waals surface area contributed by atoms with Gasteiger partial charge in [-0.05, 0) is 37.6 Å². The number of nitrogens with one attached hydrogen (secondary N) is 2. The number of rotatable bonds is 4. The van der Waals surface area contributed by atoms with Crippen LogP contribution in [0, 0.1) is 13.8 Å². The van der Waals surface area contributed by atoms with Crippen molar-refractivity contribution in [1.82, 2.24) is 29.6 Å². The number of aromatic amines is 1. The van der Waals surface area contributed by atoms with Gasteiger partial charge in [-0.25, -0.2) is 4.98 Å². The maximum atomic E-state index is 13.0. The van der Waals surface area contributed by atoms with Crippen molar-refractivity contribution in [1.29, 1.82) is 0 Å². The van der Waals surface area contributed by atoms with Gasteiger partial charge in [0.2, 0.25) is 0 Å². The molecule has 8 nitrogen and oxygen atoms in total. The van der Waals surface area contributed by atoms with Gasteiger partial charge in [0.1, 0.15) is 5.69 Å². The maximum absolute atomic E-state index is 13.0. The molecule has 4 rings (SSSR count). The van der Waals surface area contributed by atoms with Crippen molar-refractivity contribution in [2.45, 2.75) is 20.4 Å². The number of pyridine rings is 2. The van der Waals surface area contributed by atoms with Crippen LogP contribution in [0.2, 0.25) is 0 Å². The first-order chi connectivity index (χ1) is 13.8. The smallest absolute Gasteiger partial charge is 0.270 e. The maximum Gasteiger partial charge on any atom is 0.270 e. The Kier molecular flexibility index (Phi) is 4.54. The molecule has 0 saturated heterocycles. The number of fused-ring (bicyclic) bond motifs is 1. The number of H-pyrrole nitrogens is 1. The summed E-state index contributed by atoms with van der Waals surface area (Å²) in [6.07, 6.45) is 5.47. The van der Waals surface area contributed by atoms with Crippen molar-refractivity contribution in [3.05, 3.63) is 69.7 Å². The number of aromatic nitrogens is 5. The highest BCUT2D eigenvalue weighted by atomic mass is 16.2. The number of carbonyl (C=O) groups excluding carboxylic acids is 1. The van der Waals surface area contributed by atoms with Crippen molar-refractivity contribution in [3.63, 3.8) is 0 Å². The van der Waals surface area contributed by atoms with Crippen molar-refractivity contribution in [3.8, 4) is 11.3 Å². The van der Waals surface area contributed by atoms with Gasteiger partial charge in [0.05, 0.1) is 17.4 Å². The minimum atomic E-state index is -0.327. The van der Waals surface area contributed by atoms with Gasteiger partial charge in [0, 0.05) is 55.2 Å². The summed E-state index contributed by atoms with van der Waals surface area (Å²) in [7, 11) is 3.76. The van der Waals surface area contributed by atoms with Crippen molar-refractivity contribution >= 4 is 16.8 Å². The van der Waals surface area contributed by atoms with Crippen LogP contribution in [0.4, 0.5) is 0 Å². The first kappa shape index (κ1) is 18.7. The molecule has 4 aromatic heterocycles. The fourth-order valence-corrected chi connectivity index (χ4v) is 3.49. The van der Waals surface area contributed by atoms with Gasteiger partial charge in [0.15, 0.2) is 0 Å². The molecule has 0 saturated carbocycles. The third kappa shape index (κ3) is 3.44. The van der Waals surface area contributed by atoms with Crippen LogP contribution in [0.15, 0.2) is 41.6 Å². The molecule has 0 aliphatic rings. The Morgan fingerprint density at radius 2 is 2.03 bits per heavy atom. The number of carbonyl (C=O) groups is 1. The van der Waals surface area contributed by atoms with E-state index in [1.54, 1.807) is 10.9 Å². The van der Waals surface area contributed by atoms with Crippen LogP contribution >= 0.6 is 0 Å². The summed E-state index contributed by atoms with van der Waals surface area (Å²) < 4.78 is 3.64. The predicted octanol–water partition coefficient (Wildman–Crippen LogP) is 2.21. The first-order valence-corrected chi connectivity index (χ1v) is 9.26. The van der Waals surface area contributed by atoms with E-state index < -0.39 is 0 Å². The highest BCUT2D eigenvalue weighted by molar-refractivity contribution is 6.05. The lowest BCUT2D eigenvalue weighted by Crippen LogP contribution is -2.28. The zero-order chi connectivity index (χ0) is 20.7. The molecule has 148 valence electrons. The van der Waals surface area contributed by atoms with Crippen molar-refractivity contribution < 1.29 is 4.79 Å². The number of amides is 1. The van der Waals surface area contributed by atoms with E-state index in [4.69, 9.17) is 0 Å². The molecule has 0 atom stereocenters. The quantitative estimate of drug-likeness (QED) is 0.558. The third-order valence-corrected chi connectivity index (χ3v) is 5.02. The van der Waals surface area contributed by atoms with E-state index in [1.165, 1.54) is 0 Å². The molecular weight excluding hydrogens is 368 g/mol. The summed E-state index contributed by atoms with van der Waals surface area (Å²) >= 11 is 0. The Morgan fingerprint density at radius 3 is 2.72 bits per heavy atom. The number of hydrogen-bond acceptors (Lipinski definition) is 4. The fourth-order valence-electron chi connectivity index (χ4n) is 3.49. The molecule has 0 spiro atoms. The minimum absolute atomic E-state index is 0.132. The molecule has 1 amide bonds. The monoisotopic (exact) mass is 390 g/mol. The molecule has 2 N–H and O–H groups in total. The largest absolute Gasteiger partial charge is 0.350 e. The lowest BCUT2D eigenvalue weighted by Gasteiger charge is -2.10. The second-order valence-corrected chi connectivity index (χ2v) is 7.24. The molecule has 8 heteroatoms. The van der Waals surface area contributed by atoms with E-state index >= 15 is 0 Å². The molecule has 0 aromatic carbocycles. The molecule has 0 aliphatic heterocycles. The van der Waals surface area contributed by atoms with Crippen LogP contribution in [0.3, 0.4) is 0 Å². The third-order valence-electron chi connectivity index (χ3n) is 5.02. The highest BCUT2D eigenvalue weighted by Gasteiger charge is 2.18. The van der Waals surface area contributed by atoms with E-state index in [0.717, 1.165) is 27.7 Å². The molecule has 0 radical (unpaired) electrons. The van der Waals surface area contributed by atoms with E-state index in [9.17, 15) is 9.59 Å². The van der Waals surface area contributed by atoms with Gasteiger partial charge in [-0.3, -0.25) is 14.3 Å². The van der Waals surface area contributed by atoms with Crippen LogP contribution in [0.5, 0.6) is 0 Å². The summed E-state index contributed by atoms with van der Waals surface area (Å²) in [5, 5.41) is 7.80. The van der Waals surface area contributed by atoms with E-state index in [0.29, 0.717) is 17.0 Å². The second-order valence-electron chi connectivity index (χ2n) is 7.24. The van der Waals surface area contributed by atoms with Crippen LogP contribution in [-0.4, -0.2) is 30.2 Å². The Labute approximate surface area is 167 Å². The van der Waals surface area contributed by atoms with Crippen molar-refractivity contribution in [2.24, 2.45) is 14.1 Å². The molecular formula is C21H22N6O2. The van der Waals surface area contributed by atoms with Crippen LogP contribution in [-0.2, 0) is 20.6 Å². The summed E-state index contributed by atoms with van der Waals surface area (Å²) in [5.74, 6) is -0.327. The lowest BCUT2D eigenvalue weighted by molar-refractivity contribution is 0.0947. The molecule has 0 unspecified atom stereocenters. The van der Waals surface area contributed by atoms with E-state index in [2.05, 4.69) is 20.4 Å². The normalized spacial score (nSPS) is 11.2. The fraction of sp³-hybridized carbons (Fsp3) is 0.238. The average molecular weight is 390 g/mol. The van der Waals surface area contributed by atoms with Gasteiger partial charge in [-0.2, -0.15) is 5.10 Å². The van der Waals surface area contributed by atoms with Crippen LogP contribution in [0.25, 0.3) is 22.2 Å². The topological polar surface area (TPSA) is 97.6 Å². The lowest BCUT2D eigenvalue weighted by atomic mass is 10.1. The summed E-state index contributed by atoms with van der Waals surface area (Å²) in [4.78, 5) is 32.6. The Balaban J connectivity index is 1.71. The van der Waals surface area contributed by atoms with Crippen LogP contribution < -0.4 is 10.9 Å².